The van der Waals surface area contributed by atoms with Gasteiger partial charge in [-0.25, -0.2) is 4.39 Å². The van der Waals surface area contributed by atoms with Gasteiger partial charge in [0.2, 0.25) is 5.91 Å². The van der Waals surface area contributed by atoms with E-state index in [2.05, 4.69) is 9.80 Å². The Hall–Kier alpha value is -1.46. The Labute approximate surface area is 155 Å². The van der Waals surface area contributed by atoms with E-state index in [0.29, 0.717) is 24.3 Å². The number of nitrogens with zero attached hydrogens (tertiary/aromatic N) is 3. The summed E-state index contributed by atoms with van der Waals surface area (Å²) in [5.41, 5.74) is 1.18. The Morgan fingerprint density at radius 3 is 2.58 bits per heavy atom. The molecule has 0 unspecified atom stereocenters. The maximum atomic E-state index is 13.1. The van der Waals surface area contributed by atoms with Crippen LogP contribution in [0.4, 0.5) is 4.39 Å². The number of likely N-dealkylation sites (tertiary alicyclic amines) is 1. The third-order valence-corrected chi connectivity index (χ3v) is 6.29. The van der Waals surface area contributed by atoms with Gasteiger partial charge in [0.25, 0.3) is 0 Å². The molecule has 1 amide bonds. The van der Waals surface area contributed by atoms with Crippen LogP contribution in [0.5, 0.6) is 0 Å². The van der Waals surface area contributed by atoms with Gasteiger partial charge in [-0.2, -0.15) is 0 Å². The molecule has 26 heavy (non-hydrogen) atoms. The van der Waals surface area contributed by atoms with Crippen LogP contribution < -0.4 is 0 Å². The zero-order chi connectivity index (χ0) is 17.9. The highest BCUT2D eigenvalue weighted by molar-refractivity contribution is 5.76. The summed E-state index contributed by atoms with van der Waals surface area (Å²) in [6.45, 7) is 7.01. The fourth-order valence-electron chi connectivity index (χ4n) is 4.89. The number of amides is 1. The molecular formula is C21H30FN3O. The van der Waals surface area contributed by atoms with Crippen molar-refractivity contribution < 1.29 is 9.18 Å². The minimum atomic E-state index is -0.168. The topological polar surface area (TPSA) is 26.8 Å². The zero-order valence-electron chi connectivity index (χ0n) is 15.6. The maximum absolute atomic E-state index is 13.1. The molecule has 0 saturated carbocycles. The molecule has 4 saturated heterocycles. The molecule has 0 N–H and O–H groups in total. The summed E-state index contributed by atoms with van der Waals surface area (Å²) < 4.78 is 13.1. The molecule has 4 fully saturated rings. The van der Waals surface area contributed by atoms with E-state index in [1.54, 1.807) is 12.1 Å². The third kappa shape index (κ3) is 4.26. The van der Waals surface area contributed by atoms with Gasteiger partial charge in [-0.05, 0) is 49.3 Å². The van der Waals surface area contributed by atoms with Crippen molar-refractivity contribution in [3.05, 3.63) is 35.6 Å². The number of carbonyl (C=O) groups is 1. The van der Waals surface area contributed by atoms with Crippen molar-refractivity contribution in [1.82, 2.24) is 14.7 Å². The summed E-state index contributed by atoms with van der Waals surface area (Å²) >= 11 is 0. The van der Waals surface area contributed by atoms with Crippen LogP contribution >= 0.6 is 0 Å². The van der Waals surface area contributed by atoms with Crippen molar-refractivity contribution in [1.29, 1.82) is 0 Å². The first kappa shape index (κ1) is 17.9. The Morgan fingerprint density at radius 1 is 1.04 bits per heavy atom. The second-order valence-corrected chi connectivity index (χ2v) is 8.25. The van der Waals surface area contributed by atoms with Crippen LogP contribution in [-0.4, -0.2) is 65.9 Å². The highest BCUT2D eigenvalue weighted by Crippen LogP contribution is 2.29. The summed E-state index contributed by atoms with van der Waals surface area (Å²) in [6.07, 6.45) is 5.53. The minimum Gasteiger partial charge on any atom is -0.343 e. The highest BCUT2D eigenvalue weighted by Gasteiger charge is 2.34. The van der Waals surface area contributed by atoms with Gasteiger partial charge in [0.15, 0.2) is 0 Å². The van der Waals surface area contributed by atoms with Gasteiger partial charge in [-0.15, -0.1) is 0 Å². The lowest BCUT2D eigenvalue weighted by atomic mass is 9.95. The molecule has 4 aliphatic rings. The second kappa shape index (κ2) is 8.05. The van der Waals surface area contributed by atoms with E-state index in [1.807, 2.05) is 17.0 Å². The normalized spacial score (nSPS) is 27.0. The van der Waals surface area contributed by atoms with Crippen molar-refractivity contribution >= 4 is 5.91 Å². The molecule has 0 aliphatic carbocycles. The van der Waals surface area contributed by atoms with Gasteiger partial charge < -0.3 is 4.90 Å². The summed E-state index contributed by atoms with van der Waals surface area (Å²) in [5, 5.41) is 0. The Morgan fingerprint density at radius 2 is 1.81 bits per heavy atom. The maximum Gasteiger partial charge on any atom is 0.223 e. The Balaban J connectivity index is 1.32. The van der Waals surface area contributed by atoms with Crippen LogP contribution in [0.15, 0.2) is 24.3 Å². The van der Waals surface area contributed by atoms with E-state index < -0.39 is 0 Å². The van der Waals surface area contributed by atoms with Crippen LogP contribution in [0.1, 0.15) is 37.7 Å². The van der Waals surface area contributed by atoms with Crippen LogP contribution in [0.25, 0.3) is 0 Å². The summed E-state index contributed by atoms with van der Waals surface area (Å²) in [4.78, 5) is 19.5. The minimum absolute atomic E-state index is 0.168. The summed E-state index contributed by atoms with van der Waals surface area (Å²) in [7, 11) is 0. The van der Waals surface area contributed by atoms with Gasteiger partial charge in [0, 0.05) is 58.3 Å². The number of benzene rings is 1. The molecule has 4 heterocycles. The van der Waals surface area contributed by atoms with E-state index in [1.165, 1.54) is 31.2 Å². The van der Waals surface area contributed by atoms with Crippen LogP contribution in [0.2, 0.25) is 0 Å². The average molecular weight is 359 g/mol. The van der Waals surface area contributed by atoms with Gasteiger partial charge >= 0.3 is 0 Å². The number of rotatable bonds is 5. The first-order valence-electron chi connectivity index (χ1n) is 10.2. The smallest absolute Gasteiger partial charge is 0.223 e. The van der Waals surface area contributed by atoms with Gasteiger partial charge in [-0.3, -0.25) is 14.6 Å². The van der Waals surface area contributed by atoms with Crippen LogP contribution in [0, 0.1) is 11.7 Å². The van der Waals surface area contributed by atoms with E-state index in [-0.39, 0.29) is 5.82 Å². The standard InChI is InChI=1S/C21H30FN3O/c22-19-6-3-17(4-7-19)13-23-14-18-5-8-20(16-23)25(15-18)12-9-21(26)24-10-1-2-11-24/h3-4,6-7,18,20H,1-2,5,8-16H2/t18-,20+/m0/s1. The Kier molecular flexibility index (Phi) is 5.55. The van der Waals surface area contributed by atoms with Gasteiger partial charge in [-0.1, -0.05) is 12.1 Å². The molecule has 5 heteroatoms. The molecule has 142 valence electrons. The number of hydrogen-bond acceptors (Lipinski definition) is 3. The number of halogens is 1. The van der Waals surface area contributed by atoms with Crippen LogP contribution in [-0.2, 0) is 11.3 Å². The van der Waals surface area contributed by atoms with E-state index in [0.717, 1.165) is 45.8 Å². The quantitative estimate of drug-likeness (QED) is 0.809. The monoisotopic (exact) mass is 359 g/mol. The Bertz CT molecular complexity index is 614. The zero-order valence-corrected chi connectivity index (χ0v) is 15.6. The van der Waals surface area contributed by atoms with Crippen molar-refractivity contribution in [2.24, 2.45) is 5.92 Å². The number of hydrogen-bond donors (Lipinski definition) is 0. The predicted octanol–water partition coefficient (Wildman–Crippen LogP) is 2.73. The van der Waals surface area contributed by atoms with E-state index in [9.17, 15) is 9.18 Å². The summed E-state index contributed by atoms with van der Waals surface area (Å²) in [6, 6.07) is 7.46. The first-order valence-corrected chi connectivity index (χ1v) is 10.2. The van der Waals surface area contributed by atoms with Gasteiger partial charge in [0.05, 0.1) is 0 Å². The molecule has 1 aromatic carbocycles. The molecular weight excluding hydrogens is 329 g/mol. The van der Waals surface area contributed by atoms with Crippen molar-refractivity contribution in [3.8, 4) is 0 Å². The molecule has 2 atom stereocenters. The lowest BCUT2D eigenvalue weighted by Crippen LogP contribution is -2.45. The van der Waals surface area contributed by atoms with E-state index >= 15 is 0 Å². The molecule has 0 radical (unpaired) electrons. The molecule has 4 nitrogen and oxygen atoms in total. The molecule has 0 spiro atoms. The number of carbonyl (C=O) groups excluding carboxylic acids is 1. The van der Waals surface area contributed by atoms with Crippen molar-refractivity contribution in [2.75, 3.05) is 39.3 Å². The molecule has 4 aliphatic heterocycles. The fourth-order valence-corrected chi connectivity index (χ4v) is 4.89. The number of piperidine rings is 1. The summed E-state index contributed by atoms with van der Waals surface area (Å²) in [5.74, 6) is 0.861. The number of fused-ring (bicyclic) bond motifs is 4. The second-order valence-electron chi connectivity index (χ2n) is 8.25. The van der Waals surface area contributed by atoms with Crippen LogP contribution in [0.3, 0.4) is 0 Å². The largest absolute Gasteiger partial charge is 0.343 e. The molecule has 2 bridgehead atoms. The molecule has 0 aromatic heterocycles. The van der Waals surface area contributed by atoms with Crippen molar-refractivity contribution in [3.63, 3.8) is 0 Å². The fraction of sp³-hybridized carbons (Fsp3) is 0.667. The van der Waals surface area contributed by atoms with E-state index in [4.69, 9.17) is 0 Å². The van der Waals surface area contributed by atoms with Gasteiger partial charge in [0.1, 0.15) is 5.82 Å². The molecule has 1 aromatic rings. The van der Waals surface area contributed by atoms with Crippen molar-refractivity contribution in [2.45, 2.75) is 44.7 Å². The SMILES string of the molecule is O=C(CCN1C[C@H]2CC[C@@H]1CN(Cc1ccc(F)cc1)C2)N1CCCC1. The highest BCUT2D eigenvalue weighted by atomic mass is 19.1. The third-order valence-electron chi connectivity index (χ3n) is 6.29. The predicted molar refractivity (Wildman–Crippen MR) is 100 cm³/mol. The lowest BCUT2D eigenvalue weighted by molar-refractivity contribution is -0.130. The average Bonchev–Trinajstić information content (AvgIpc) is 3.05. The molecule has 5 rings (SSSR count). The lowest BCUT2D eigenvalue weighted by Gasteiger charge is -2.36. The first-order chi connectivity index (χ1) is 12.7.